The lowest BCUT2D eigenvalue weighted by Crippen LogP contribution is -2.46. The third-order valence-electron chi connectivity index (χ3n) is 4.73. The summed E-state index contributed by atoms with van der Waals surface area (Å²) in [5.41, 5.74) is 2.13. The average molecular weight is 364 g/mol. The Labute approximate surface area is 156 Å². The van der Waals surface area contributed by atoms with Crippen LogP contribution in [0.25, 0.3) is 11.4 Å². The molecule has 1 N–H and O–H groups in total. The van der Waals surface area contributed by atoms with Gasteiger partial charge < -0.3 is 14.5 Å². The van der Waals surface area contributed by atoms with Crippen LogP contribution in [0, 0.1) is 0 Å². The Bertz CT molecular complexity index is 918. The highest BCUT2D eigenvalue weighted by Crippen LogP contribution is 2.21. The monoisotopic (exact) mass is 364 g/mol. The summed E-state index contributed by atoms with van der Waals surface area (Å²) in [5, 5.41) is 13.4. The van der Waals surface area contributed by atoms with Crippen molar-refractivity contribution in [3.63, 3.8) is 0 Å². The number of carboxylic acid groups (broad SMARTS) is 1. The quantitative estimate of drug-likeness (QED) is 0.745. The number of carbonyl (C=O) groups is 1. The number of aromatic carboxylic acids is 1. The van der Waals surface area contributed by atoms with E-state index in [0.29, 0.717) is 23.9 Å². The third kappa shape index (κ3) is 3.83. The van der Waals surface area contributed by atoms with Crippen LogP contribution in [0.4, 0.5) is 6.01 Å². The molecule has 138 valence electrons. The van der Waals surface area contributed by atoms with Gasteiger partial charge in [-0.05, 0) is 11.6 Å². The molecule has 7 nitrogen and oxygen atoms in total. The Morgan fingerprint density at radius 2 is 1.70 bits per heavy atom. The fraction of sp³-hybridized carbons (Fsp3) is 0.250. The molecular formula is C20H20N4O3. The van der Waals surface area contributed by atoms with Crippen LogP contribution in [0.5, 0.6) is 0 Å². The molecule has 2 heterocycles. The highest BCUT2D eigenvalue weighted by Gasteiger charge is 2.23. The van der Waals surface area contributed by atoms with E-state index in [0.717, 1.165) is 37.3 Å². The van der Waals surface area contributed by atoms with Gasteiger partial charge >= 0.3 is 12.0 Å². The Kier molecular flexibility index (Phi) is 4.84. The molecule has 7 heteroatoms. The highest BCUT2D eigenvalue weighted by molar-refractivity contribution is 5.89. The first-order valence-electron chi connectivity index (χ1n) is 8.88. The summed E-state index contributed by atoms with van der Waals surface area (Å²) in [6, 6.07) is 17.4. The SMILES string of the molecule is O=C(O)c1ccccc1CN1CCN(c2nc(-c3ccccc3)no2)CC1. The molecule has 4 rings (SSSR count). The summed E-state index contributed by atoms with van der Waals surface area (Å²) in [6.45, 7) is 3.74. The summed E-state index contributed by atoms with van der Waals surface area (Å²) in [7, 11) is 0. The Morgan fingerprint density at radius 1 is 1.00 bits per heavy atom. The van der Waals surface area contributed by atoms with Crippen molar-refractivity contribution in [3.8, 4) is 11.4 Å². The van der Waals surface area contributed by atoms with E-state index in [4.69, 9.17) is 4.52 Å². The van der Waals surface area contributed by atoms with Crippen molar-refractivity contribution in [3.05, 3.63) is 65.7 Å². The van der Waals surface area contributed by atoms with Crippen LogP contribution in [-0.2, 0) is 6.54 Å². The molecular weight excluding hydrogens is 344 g/mol. The van der Waals surface area contributed by atoms with E-state index < -0.39 is 5.97 Å². The molecule has 0 radical (unpaired) electrons. The summed E-state index contributed by atoms with van der Waals surface area (Å²) < 4.78 is 5.43. The number of rotatable bonds is 5. The van der Waals surface area contributed by atoms with Gasteiger partial charge in [0.25, 0.3) is 0 Å². The summed E-state index contributed by atoms with van der Waals surface area (Å²) in [4.78, 5) is 20.2. The zero-order chi connectivity index (χ0) is 18.6. The maximum Gasteiger partial charge on any atom is 0.336 e. The molecule has 0 bridgehead atoms. The van der Waals surface area contributed by atoms with E-state index in [1.807, 2.05) is 42.5 Å². The van der Waals surface area contributed by atoms with Crippen molar-refractivity contribution in [2.75, 3.05) is 31.1 Å². The first-order valence-corrected chi connectivity index (χ1v) is 8.88. The average Bonchev–Trinajstić information content (AvgIpc) is 3.20. The first-order chi connectivity index (χ1) is 13.2. The van der Waals surface area contributed by atoms with Gasteiger partial charge in [-0.1, -0.05) is 53.7 Å². The second-order valence-electron chi connectivity index (χ2n) is 6.49. The molecule has 2 aromatic carbocycles. The fourth-order valence-electron chi connectivity index (χ4n) is 3.25. The van der Waals surface area contributed by atoms with E-state index in [1.165, 1.54) is 0 Å². The molecule has 1 saturated heterocycles. The summed E-state index contributed by atoms with van der Waals surface area (Å²) in [6.07, 6.45) is 0. The fourth-order valence-corrected chi connectivity index (χ4v) is 3.25. The Hall–Kier alpha value is -3.19. The number of piperazine rings is 1. The van der Waals surface area contributed by atoms with Crippen molar-refractivity contribution >= 4 is 12.0 Å². The minimum Gasteiger partial charge on any atom is -0.478 e. The molecule has 0 saturated carbocycles. The van der Waals surface area contributed by atoms with Crippen LogP contribution in [0.1, 0.15) is 15.9 Å². The molecule has 0 spiro atoms. The normalized spacial score (nSPS) is 15.0. The van der Waals surface area contributed by atoms with Crippen LogP contribution in [0.3, 0.4) is 0 Å². The lowest BCUT2D eigenvalue weighted by Gasteiger charge is -2.33. The number of aromatic nitrogens is 2. The van der Waals surface area contributed by atoms with Crippen LogP contribution < -0.4 is 4.90 Å². The van der Waals surface area contributed by atoms with Crippen molar-refractivity contribution in [1.82, 2.24) is 15.0 Å². The van der Waals surface area contributed by atoms with E-state index in [2.05, 4.69) is 19.9 Å². The molecule has 1 aliphatic rings. The number of hydrogen-bond acceptors (Lipinski definition) is 6. The molecule has 0 amide bonds. The van der Waals surface area contributed by atoms with Crippen LogP contribution in [0.2, 0.25) is 0 Å². The molecule has 0 unspecified atom stereocenters. The molecule has 1 aliphatic heterocycles. The molecule has 1 fully saturated rings. The largest absolute Gasteiger partial charge is 0.478 e. The second-order valence-corrected chi connectivity index (χ2v) is 6.49. The van der Waals surface area contributed by atoms with Gasteiger partial charge in [0.1, 0.15) is 0 Å². The highest BCUT2D eigenvalue weighted by atomic mass is 16.5. The number of benzene rings is 2. The van der Waals surface area contributed by atoms with E-state index in [1.54, 1.807) is 12.1 Å². The summed E-state index contributed by atoms with van der Waals surface area (Å²) >= 11 is 0. The van der Waals surface area contributed by atoms with Gasteiger partial charge in [-0.2, -0.15) is 4.98 Å². The zero-order valence-corrected chi connectivity index (χ0v) is 14.8. The zero-order valence-electron chi connectivity index (χ0n) is 14.8. The smallest absolute Gasteiger partial charge is 0.336 e. The van der Waals surface area contributed by atoms with Gasteiger partial charge in [0, 0.05) is 38.3 Å². The van der Waals surface area contributed by atoms with Crippen LogP contribution in [0.15, 0.2) is 59.1 Å². The summed E-state index contributed by atoms with van der Waals surface area (Å²) in [5.74, 6) is -0.299. The minimum atomic E-state index is -0.886. The predicted molar refractivity (Wildman–Crippen MR) is 101 cm³/mol. The number of carboxylic acids is 1. The van der Waals surface area contributed by atoms with Crippen LogP contribution in [-0.4, -0.2) is 52.3 Å². The van der Waals surface area contributed by atoms with Gasteiger partial charge in [0.2, 0.25) is 5.82 Å². The van der Waals surface area contributed by atoms with Crippen molar-refractivity contribution in [1.29, 1.82) is 0 Å². The van der Waals surface area contributed by atoms with Crippen LogP contribution >= 0.6 is 0 Å². The molecule has 0 aliphatic carbocycles. The number of anilines is 1. The lowest BCUT2D eigenvalue weighted by molar-refractivity contribution is 0.0694. The van der Waals surface area contributed by atoms with Gasteiger partial charge in [-0.25, -0.2) is 4.79 Å². The topological polar surface area (TPSA) is 82.7 Å². The van der Waals surface area contributed by atoms with Gasteiger partial charge in [0.05, 0.1) is 5.56 Å². The van der Waals surface area contributed by atoms with Gasteiger partial charge in [-0.15, -0.1) is 0 Å². The lowest BCUT2D eigenvalue weighted by atomic mass is 10.1. The molecule has 1 aromatic heterocycles. The standard InChI is InChI=1S/C20H20N4O3/c25-19(26)17-9-5-4-8-16(17)14-23-10-12-24(13-11-23)20-21-18(22-27-20)15-6-2-1-3-7-15/h1-9H,10-14H2,(H,25,26). The first kappa shape index (κ1) is 17.2. The second kappa shape index (κ2) is 7.59. The van der Waals surface area contributed by atoms with Crippen molar-refractivity contribution in [2.45, 2.75) is 6.54 Å². The van der Waals surface area contributed by atoms with E-state index in [9.17, 15) is 9.90 Å². The van der Waals surface area contributed by atoms with Crippen molar-refractivity contribution in [2.24, 2.45) is 0 Å². The Morgan fingerprint density at radius 3 is 2.44 bits per heavy atom. The molecule has 27 heavy (non-hydrogen) atoms. The van der Waals surface area contributed by atoms with Gasteiger partial charge in [0.15, 0.2) is 0 Å². The maximum atomic E-state index is 11.4. The van der Waals surface area contributed by atoms with Gasteiger partial charge in [-0.3, -0.25) is 4.90 Å². The molecule has 3 aromatic rings. The predicted octanol–water partition coefficient (Wildman–Crippen LogP) is 2.76. The molecule has 0 atom stereocenters. The maximum absolute atomic E-state index is 11.4. The minimum absolute atomic E-state index is 0.365. The number of nitrogens with zero attached hydrogens (tertiary/aromatic N) is 4. The Balaban J connectivity index is 1.39. The third-order valence-corrected chi connectivity index (χ3v) is 4.73. The number of hydrogen-bond donors (Lipinski definition) is 1. The van der Waals surface area contributed by atoms with E-state index in [-0.39, 0.29) is 0 Å². The van der Waals surface area contributed by atoms with Crippen molar-refractivity contribution < 1.29 is 14.4 Å². The van der Waals surface area contributed by atoms with E-state index >= 15 is 0 Å².